The molecule has 2 aromatic rings. The first-order valence-corrected chi connectivity index (χ1v) is 11.7. The molecule has 1 saturated heterocycles. The highest BCUT2D eigenvalue weighted by Crippen LogP contribution is 2.42. The number of hydrogen-bond acceptors (Lipinski definition) is 5. The van der Waals surface area contributed by atoms with Crippen molar-refractivity contribution in [3.63, 3.8) is 0 Å². The third kappa shape index (κ3) is 5.22. The van der Waals surface area contributed by atoms with Crippen LogP contribution in [-0.4, -0.2) is 49.3 Å². The van der Waals surface area contributed by atoms with E-state index in [0.29, 0.717) is 13.1 Å². The number of hydrogen-bond donors (Lipinski definition) is 0. The number of anilines is 1. The van der Waals surface area contributed by atoms with Crippen molar-refractivity contribution in [1.29, 1.82) is 0 Å². The van der Waals surface area contributed by atoms with Crippen molar-refractivity contribution in [1.82, 2.24) is 4.90 Å². The van der Waals surface area contributed by atoms with Crippen LogP contribution in [0.5, 0.6) is 0 Å². The summed E-state index contributed by atoms with van der Waals surface area (Å²) in [4.78, 5) is 30.0. The molecule has 0 N–H and O–H groups in total. The second-order valence-electron chi connectivity index (χ2n) is 10.0. The van der Waals surface area contributed by atoms with Gasteiger partial charge in [0.15, 0.2) is 0 Å². The number of ether oxygens (including phenoxy) is 2. The first kappa shape index (κ1) is 23.3. The molecule has 0 spiro atoms. The Morgan fingerprint density at radius 2 is 1.79 bits per heavy atom. The number of nitrogens with zero attached hydrogens (tertiary/aromatic N) is 2. The monoisotopic (exact) mass is 450 g/mol. The van der Waals surface area contributed by atoms with Crippen molar-refractivity contribution < 1.29 is 19.1 Å². The highest BCUT2D eigenvalue weighted by molar-refractivity contribution is 5.91. The molecule has 0 radical (unpaired) electrons. The van der Waals surface area contributed by atoms with Crippen molar-refractivity contribution in [2.45, 2.75) is 51.7 Å². The summed E-state index contributed by atoms with van der Waals surface area (Å²) < 4.78 is 10.9. The second-order valence-corrected chi connectivity index (χ2v) is 10.0. The molecule has 2 aliphatic rings. The summed E-state index contributed by atoms with van der Waals surface area (Å²) in [6, 6.07) is 16.5. The SMILES string of the molecule is COC(=O)[C@H]1CN(Cc2ccccc2)C[C@H]1c1cccc2c1N(C(=O)OC(C)(C)C)CCC2. The number of methoxy groups -OCH3 is 1. The molecule has 0 aliphatic carbocycles. The quantitative estimate of drug-likeness (QED) is 0.629. The minimum absolute atomic E-state index is 0.0563. The predicted octanol–water partition coefficient (Wildman–Crippen LogP) is 4.76. The predicted molar refractivity (Wildman–Crippen MR) is 128 cm³/mol. The van der Waals surface area contributed by atoms with Crippen LogP contribution in [0, 0.1) is 5.92 Å². The molecule has 1 amide bonds. The normalized spacial score (nSPS) is 20.9. The van der Waals surface area contributed by atoms with Crippen LogP contribution in [0.25, 0.3) is 0 Å². The van der Waals surface area contributed by atoms with Gasteiger partial charge in [0.1, 0.15) is 5.60 Å². The Hall–Kier alpha value is -2.86. The minimum Gasteiger partial charge on any atom is -0.469 e. The molecule has 6 nitrogen and oxygen atoms in total. The van der Waals surface area contributed by atoms with E-state index in [4.69, 9.17) is 9.47 Å². The Kier molecular flexibility index (Phi) is 6.75. The Bertz CT molecular complexity index is 999. The van der Waals surface area contributed by atoms with E-state index in [1.54, 1.807) is 4.90 Å². The molecule has 6 heteroatoms. The van der Waals surface area contributed by atoms with Gasteiger partial charge in [-0.3, -0.25) is 14.6 Å². The molecular formula is C27H34N2O4. The highest BCUT2D eigenvalue weighted by atomic mass is 16.6. The molecule has 176 valence electrons. The van der Waals surface area contributed by atoms with Gasteiger partial charge in [0.2, 0.25) is 0 Å². The fourth-order valence-corrected chi connectivity index (χ4v) is 5.04. The van der Waals surface area contributed by atoms with Crippen LogP contribution in [0.1, 0.15) is 49.8 Å². The average Bonchev–Trinajstić information content (AvgIpc) is 3.20. The van der Waals surface area contributed by atoms with Crippen LogP contribution < -0.4 is 4.90 Å². The number of benzene rings is 2. The lowest BCUT2D eigenvalue weighted by Gasteiger charge is -2.35. The van der Waals surface area contributed by atoms with E-state index in [1.807, 2.05) is 45.0 Å². The van der Waals surface area contributed by atoms with Gasteiger partial charge in [0.05, 0.1) is 18.7 Å². The Morgan fingerprint density at radius 3 is 2.48 bits per heavy atom. The molecule has 0 saturated carbocycles. The number of carbonyl (C=O) groups excluding carboxylic acids is 2. The lowest BCUT2D eigenvalue weighted by Crippen LogP contribution is -2.41. The lowest BCUT2D eigenvalue weighted by atomic mass is 9.84. The fourth-order valence-electron chi connectivity index (χ4n) is 5.04. The summed E-state index contributed by atoms with van der Waals surface area (Å²) >= 11 is 0. The summed E-state index contributed by atoms with van der Waals surface area (Å²) in [6.45, 7) is 8.39. The van der Waals surface area contributed by atoms with Crippen molar-refractivity contribution in [2.75, 3.05) is 31.6 Å². The maximum atomic E-state index is 13.1. The summed E-state index contributed by atoms with van der Waals surface area (Å²) in [6.07, 6.45) is 1.47. The molecule has 1 fully saturated rings. The van der Waals surface area contributed by atoms with Gasteiger partial charge in [-0.05, 0) is 50.3 Å². The molecule has 33 heavy (non-hydrogen) atoms. The van der Waals surface area contributed by atoms with Gasteiger partial charge in [0, 0.05) is 32.1 Å². The average molecular weight is 451 g/mol. The molecule has 0 aromatic heterocycles. The highest BCUT2D eigenvalue weighted by Gasteiger charge is 2.42. The zero-order valence-corrected chi connectivity index (χ0v) is 20.0. The largest absolute Gasteiger partial charge is 0.469 e. The van der Waals surface area contributed by atoms with Crippen molar-refractivity contribution in [3.8, 4) is 0 Å². The maximum Gasteiger partial charge on any atom is 0.414 e. The van der Waals surface area contributed by atoms with E-state index < -0.39 is 5.60 Å². The topological polar surface area (TPSA) is 59.1 Å². The van der Waals surface area contributed by atoms with Crippen molar-refractivity contribution in [3.05, 3.63) is 65.2 Å². The molecule has 4 rings (SSSR count). The number of carbonyl (C=O) groups is 2. The fraction of sp³-hybridized carbons (Fsp3) is 0.481. The van der Waals surface area contributed by atoms with Gasteiger partial charge < -0.3 is 9.47 Å². The Balaban J connectivity index is 1.68. The van der Waals surface area contributed by atoms with Gasteiger partial charge in [-0.2, -0.15) is 0 Å². The third-order valence-electron chi connectivity index (χ3n) is 6.41. The van der Waals surface area contributed by atoms with Crippen LogP contribution in [-0.2, 0) is 27.2 Å². The van der Waals surface area contributed by atoms with E-state index in [1.165, 1.54) is 12.7 Å². The second kappa shape index (κ2) is 9.56. The number of likely N-dealkylation sites (tertiary alicyclic amines) is 1. The Morgan fingerprint density at radius 1 is 1.03 bits per heavy atom. The summed E-state index contributed by atoms with van der Waals surface area (Å²) in [5.41, 5.74) is 3.72. The van der Waals surface area contributed by atoms with Gasteiger partial charge in [-0.25, -0.2) is 4.79 Å². The number of esters is 1. The molecule has 0 bridgehead atoms. The van der Waals surface area contributed by atoms with Gasteiger partial charge >= 0.3 is 12.1 Å². The molecular weight excluding hydrogens is 416 g/mol. The smallest absolute Gasteiger partial charge is 0.414 e. The molecule has 2 aliphatic heterocycles. The summed E-state index contributed by atoms with van der Waals surface area (Å²) in [5, 5.41) is 0. The number of fused-ring (bicyclic) bond motifs is 1. The zero-order valence-electron chi connectivity index (χ0n) is 20.0. The zero-order chi connectivity index (χ0) is 23.6. The van der Waals surface area contributed by atoms with Crippen molar-refractivity contribution in [2.24, 2.45) is 5.92 Å². The molecule has 2 heterocycles. The van der Waals surface area contributed by atoms with E-state index in [9.17, 15) is 9.59 Å². The van der Waals surface area contributed by atoms with Gasteiger partial charge in [-0.1, -0.05) is 48.5 Å². The number of para-hydroxylation sites is 1. The number of aryl methyl sites for hydroxylation is 1. The lowest BCUT2D eigenvalue weighted by molar-refractivity contribution is -0.145. The third-order valence-corrected chi connectivity index (χ3v) is 6.41. The Labute approximate surface area is 196 Å². The number of amides is 1. The van der Waals surface area contributed by atoms with Crippen LogP contribution in [0.2, 0.25) is 0 Å². The van der Waals surface area contributed by atoms with E-state index in [2.05, 4.69) is 29.2 Å². The van der Waals surface area contributed by atoms with E-state index in [-0.39, 0.29) is 23.9 Å². The van der Waals surface area contributed by atoms with E-state index in [0.717, 1.165) is 42.7 Å². The van der Waals surface area contributed by atoms with E-state index >= 15 is 0 Å². The van der Waals surface area contributed by atoms with Crippen LogP contribution >= 0.6 is 0 Å². The standard InChI is InChI=1S/C27H34N2O4/c1-27(2,3)33-26(31)29-15-9-13-20-12-8-14-21(24(20)29)22-17-28(18-23(22)25(30)32-4)16-19-10-6-5-7-11-19/h5-8,10-12,14,22-23H,9,13,15-18H2,1-4H3/t22-,23-/m0/s1. The van der Waals surface area contributed by atoms with Gasteiger partial charge in [0.25, 0.3) is 0 Å². The molecule has 0 unspecified atom stereocenters. The minimum atomic E-state index is -0.571. The maximum absolute atomic E-state index is 13.1. The number of rotatable bonds is 4. The van der Waals surface area contributed by atoms with Gasteiger partial charge in [-0.15, -0.1) is 0 Å². The first-order chi connectivity index (χ1) is 15.8. The molecule has 2 atom stereocenters. The van der Waals surface area contributed by atoms with Crippen LogP contribution in [0.3, 0.4) is 0 Å². The van der Waals surface area contributed by atoms with Crippen molar-refractivity contribution >= 4 is 17.7 Å². The molecule has 2 aromatic carbocycles. The summed E-state index contributed by atoms with van der Waals surface area (Å²) in [5.74, 6) is -0.542. The first-order valence-electron chi connectivity index (χ1n) is 11.7. The van der Waals surface area contributed by atoms with Crippen LogP contribution in [0.15, 0.2) is 48.5 Å². The van der Waals surface area contributed by atoms with Crippen LogP contribution in [0.4, 0.5) is 10.5 Å². The summed E-state index contributed by atoms with van der Waals surface area (Å²) in [7, 11) is 1.45.